The van der Waals surface area contributed by atoms with Crippen molar-refractivity contribution < 1.29 is 4.79 Å². The maximum absolute atomic E-state index is 12.2. The zero-order valence-electron chi connectivity index (χ0n) is 11.5. The molecule has 0 bridgehead atoms. The van der Waals surface area contributed by atoms with Gasteiger partial charge in [0.2, 0.25) is 0 Å². The van der Waals surface area contributed by atoms with Crippen LogP contribution in [0, 0.1) is 5.92 Å². The summed E-state index contributed by atoms with van der Waals surface area (Å²) in [6, 6.07) is 3.22. The summed E-state index contributed by atoms with van der Waals surface area (Å²) >= 11 is 11.9. The number of carbonyl (C=O) groups is 1. The van der Waals surface area contributed by atoms with E-state index in [4.69, 9.17) is 28.9 Å². The molecule has 1 rings (SSSR count). The number of rotatable bonds is 7. The van der Waals surface area contributed by atoms with E-state index in [2.05, 4.69) is 13.8 Å². The topological polar surface area (TPSA) is 43.1 Å². The summed E-state index contributed by atoms with van der Waals surface area (Å²) in [4.78, 5) is 12.2. The van der Waals surface area contributed by atoms with E-state index in [1.807, 2.05) is 0 Å². The van der Waals surface area contributed by atoms with Crippen LogP contribution in [0.4, 0.5) is 5.69 Å². The van der Waals surface area contributed by atoms with Crippen molar-refractivity contribution in [2.45, 2.75) is 46.0 Å². The van der Waals surface area contributed by atoms with Gasteiger partial charge < -0.3 is 5.73 Å². The fraction of sp³-hybridized carbons (Fsp3) is 0.533. The van der Waals surface area contributed by atoms with Crippen LogP contribution in [-0.2, 0) is 0 Å². The van der Waals surface area contributed by atoms with Crippen LogP contribution in [0.15, 0.2) is 12.1 Å². The first-order valence-electron chi connectivity index (χ1n) is 6.77. The van der Waals surface area contributed by atoms with E-state index in [1.54, 1.807) is 12.1 Å². The molecule has 106 valence electrons. The first-order chi connectivity index (χ1) is 8.99. The third-order valence-electron chi connectivity index (χ3n) is 3.42. The lowest BCUT2D eigenvalue weighted by Crippen LogP contribution is -2.09. The molecule has 0 saturated carbocycles. The number of unbranched alkanes of at least 4 members (excludes halogenated alkanes) is 1. The molecule has 4 heteroatoms. The minimum atomic E-state index is 0.0896. The highest BCUT2D eigenvalue weighted by atomic mass is 35.5. The summed E-state index contributed by atoms with van der Waals surface area (Å²) in [5.74, 6) is 0.523. The second-order valence-corrected chi connectivity index (χ2v) is 5.71. The summed E-state index contributed by atoms with van der Waals surface area (Å²) in [5, 5.41) is 0.690. The molecule has 0 amide bonds. The van der Waals surface area contributed by atoms with Crippen LogP contribution in [0.25, 0.3) is 0 Å². The molecule has 0 heterocycles. The highest BCUT2D eigenvalue weighted by Crippen LogP contribution is 2.30. The van der Waals surface area contributed by atoms with E-state index < -0.39 is 0 Å². The number of nitrogen functional groups attached to an aromatic ring is 1. The van der Waals surface area contributed by atoms with Crippen molar-refractivity contribution in [3.63, 3.8) is 0 Å². The predicted molar refractivity (Wildman–Crippen MR) is 83.1 cm³/mol. The van der Waals surface area contributed by atoms with Crippen molar-refractivity contribution in [3.8, 4) is 0 Å². The number of benzene rings is 1. The molecule has 1 aromatic rings. The van der Waals surface area contributed by atoms with Gasteiger partial charge in [0, 0.05) is 12.0 Å². The third kappa shape index (κ3) is 4.70. The maximum Gasteiger partial charge on any atom is 0.163 e. The number of anilines is 1. The number of halogens is 2. The molecule has 2 N–H and O–H groups in total. The van der Waals surface area contributed by atoms with Crippen molar-refractivity contribution >= 4 is 34.7 Å². The summed E-state index contributed by atoms with van der Waals surface area (Å²) in [6.07, 6.45) is 4.98. The molecule has 0 fully saturated rings. The van der Waals surface area contributed by atoms with Crippen molar-refractivity contribution in [2.75, 3.05) is 5.73 Å². The van der Waals surface area contributed by atoms with Gasteiger partial charge in [0.1, 0.15) is 0 Å². The van der Waals surface area contributed by atoms with Gasteiger partial charge >= 0.3 is 0 Å². The lowest BCUT2D eigenvalue weighted by Gasteiger charge is -2.14. The molecule has 0 aromatic heterocycles. The Morgan fingerprint density at radius 2 is 1.84 bits per heavy atom. The Bertz CT molecular complexity index is 423. The number of ketones is 1. The highest BCUT2D eigenvalue weighted by molar-refractivity contribution is 6.39. The lowest BCUT2D eigenvalue weighted by atomic mass is 9.91. The van der Waals surface area contributed by atoms with Crippen LogP contribution in [0.3, 0.4) is 0 Å². The van der Waals surface area contributed by atoms with Gasteiger partial charge in [-0.1, -0.05) is 62.7 Å². The Kier molecular flexibility index (Phi) is 6.67. The highest BCUT2D eigenvalue weighted by Gasteiger charge is 2.15. The zero-order chi connectivity index (χ0) is 14.4. The van der Waals surface area contributed by atoms with Gasteiger partial charge in [0.15, 0.2) is 5.78 Å². The van der Waals surface area contributed by atoms with Crippen molar-refractivity contribution in [3.05, 3.63) is 27.7 Å². The monoisotopic (exact) mass is 301 g/mol. The van der Waals surface area contributed by atoms with Gasteiger partial charge in [-0.25, -0.2) is 0 Å². The summed E-state index contributed by atoms with van der Waals surface area (Å²) in [5.41, 5.74) is 6.56. The Balaban J connectivity index is 2.77. The molecule has 1 aromatic carbocycles. The van der Waals surface area contributed by atoms with Gasteiger partial charge in [-0.05, 0) is 18.1 Å². The molecule has 1 atom stereocenters. The van der Waals surface area contributed by atoms with Gasteiger partial charge in [-0.2, -0.15) is 0 Å². The molecule has 0 aliphatic carbocycles. The summed E-state index contributed by atoms with van der Waals surface area (Å²) in [6.45, 7) is 4.28. The predicted octanol–water partition coefficient (Wildman–Crippen LogP) is 5.36. The third-order valence-corrected chi connectivity index (χ3v) is 4.04. The van der Waals surface area contributed by atoms with Crippen molar-refractivity contribution in [1.29, 1.82) is 0 Å². The lowest BCUT2D eigenvalue weighted by molar-refractivity contribution is 0.0957. The largest absolute Gasteiger partial charge is 0.396 e. The summed E-state index contributed by atoms with van der Waals surface area (Å²) < 4.78 is 0. The van der Waals surface area contributed by atoms with Crippen LogP contribution < -0.4 is 5.73 Å². The van der Waals surface area contributed by atoms with Crippen molar-refractivity contribution in [1.82, 2.24) is 0 Å². The zero-order valence-corrected chi connectivity index (χ0v) is 13.0. The minimum absolute atomic E-state index is 0.0896. The smallest absolute Gasteiger partial charge is 0.163 e. The quantitative estimate of drug-likeness (QED) is 0.544. The molecule has 0 radical (unpaired) electrons. The Labute approximate surface area is 125 Å². The van der Waals surface area contributed by atoms with Gasteiger partial charge in [-0.15, -0.1) is 0 Å². The molecule has 2 nitrogen and oxygen atoms in total. The van der Waals surface area contributed by atoms with E-state index in [1.165, 1.54) is 0 Å². The van der Waals surface area contributed by atoms with Crippen LogP contribution >= 0.6 is 23.2 Å². The van der Waals surface area contributed by atoms with Gasteiger partial charge in [0.25, 0.3) is 0 Å². The second kappa shape index (κ2) is 7.76. The first kappa shape index (κ1) is 16.3. The minimum Gasteiger partial charge on any atom is -0.396 e. The number of hydrogen-bond acceptors (Lipinski definition) is 2. The number of nitrogens with two attached hydrogens (primary N) is 1. The molecule has 0 aliphatic rings. The number of Topliss-reactive ketones (excluding diaryl/α,β-unsaturated/α-hetero) is 1. The Morgan fingerprint density at radius 1 is 1.26 bits per heavy atom. The fourth-order valence-corrected chi connectivity index (χ4v) is 2.56. The van der Waals surface area contributed by atoms with Crippen LogP contribution in [0.2, 0.25) is 10.0 Å². The van der Waals surface area contributed by atoms with Gasteiger partial charge in [0.05, 0.1) is 15.7 Å². The number of carbonyl (C=O) groups excluding carboxylic acids is 1. The van der Waals surface area contributed by atoms with E-state index >= 15 is 0 Å². The van der Waals surface area contributed by atoms with E-state index in [9.17, 15) is 4.79 Å². The normalized spacial score (nSPS) is 12.4. The van der Waals surface area contributed by atoms with E-state index in [-0.39, 0.29) is 5.78 Å². The molecule has 0 aliphatic heterocycles. The van der Waals surface area contributed by atoms with Crippen LogP contribution in [-0.4, -0.2) is 5.78 Å². The molecular formula is C15H21Cl2NO. The fourth-order valence-electron chi connectivity index (χ4n) is 2.07. The van der Waals surface area contributed by atoms with E-state index in [0.29, 0.717) is 33.6 Å². The molecule has 1 unspecified atom stereocenters. The average molecular weight is 302 g/mol. The Hall–Kier alpha value is -0.730. The molecule has 0 saturated heterocycles. The Morgan fingerprint density at radius 3 is 2.32 bits per heavy atom. The standard InChI is InChI=1S/C15H21Cl2NO/c1-3-5-6-10(4-2)7-14(19)11-8-12(16)15(18)13(17)9-11/h8-10H,3-7,18H2,1-2H3. The van der Waals surface area contributed by atoms with Gasteiger partial charge in [-0.3, -0.25) is 4.79 Å². The van der Waals surface area contributed by atoms with Crippen LogP contribution in [0.5, 0.6) is 0 Å². The van der Waals surface area contributed by atoms with Crippen molar-refractivity contribution in [2.24, 2.45) is 5.92 Å². The van der Waals surface area contributed by atoms with Crippen LogP contribution in [0.1, 0.15) is 56.3 Å². The SMILES string of the molecule is CCCCC(CC)CC(=O)c1cc(Cl)c(N)c(Cl)c1. The average Bonchev–Trinajstić information content (AvgIpc) is 2.39. The van der Waals surface area contributed by atoms with E-state index in [0.717, 1.165) is 25.7 Å². The molecular weight excluding hydrogens is 281 g/mol. The number of hydrogen-bond donors (Lipinski definition) is 1. The second-order valence-electron chi connectivity index (χ2n) is 4.90. The summed E-state index contributed by atoms with van der Waals surface area (Å²) in [7, 11) is 0. The molecule has 19 heavy (non-hydrogen) atoms. The first-order valence-corrected chi connectivity index (χ1v) is 7.52. The maximum atomic E-state index is 12.2. The molecule has 0 spiro atoms.